The number of benzene rings is 1. The molecule has 1 heterocycles. The smallest absolute Gasteiger partial charge is 0.270 e. The summed E-state index contributed by atoms with van der Waals surface area (Å²) >= 11 is 0. The predicted octanol–water partition coefficient (Wildman–Crippen LogP) is 3.37. The summed E-state index contributed by atoms with van der Waals surface area (Å²) in [6.45, 7) is 6.91. The van der Waals surface area contributed by atoms with Crippen LogP contribution in [0.1, 0.15) is 42.9 Å². The molecule has 2 rings (SSSR count). The molecule has 5 heteroatoms. The van der Waals surface area contributed by atoms with Crippen LogP contribution in [-0.2, 0) is 0 Å². The molecule has 1 N–H and O–H groups in total. The predicted molar refractivity (Wildman–Crippen MR) is 88.9 cm³/mol. The van der Waals surface area contributed by atoms with Crippen LogP contribution in [0.3, 0.4) is 0 Å². The number of carbonyl (C=O) groups excluding carboxylic acids is 1. The number of pyridine rings is 1. The lowest BCUT2D eigenvalue weighted by atomic mass is 10.1. The van der Waals surface area contributed by atoms with Gasteiger partial charge in [-0.05, 0) is 50.6 Å². The van der Waals surface area contributed by atoms with Crippen LogP contribution < -0.4 is 14.8 Å². The molecule has 0 saturated heterocycles. The maximum atomic E-state index is 12.2. The minimum Gasteiger partial charge on any atom is -0.490 e. The molecule has 2 aromatic rings. The van der Waals surface area contributed by atoms with Gasteiger partial charge in [0.15, 0.2) is 11.5 Å². The summed E-state index contributed by atoms with van der Waals surface area (Å²) < 4.78 is 11.2. The highest BCUT2D eigenvalue weighted by molar-refractivity contribution is 5.92. The lowest BCUT2D eigenvalue weighted by Gasteiger charge is -2.17. The molecule has 1 amide bonds. The standard InChI is InChI=1S/C18H22N2O3/c1-4-22-16-10-9-14(12-17(16)23-5-2)13(3)20-18(21)15-8-6-7-11-19-15/h6-13H,4-5H2,1-3H3,(H,20,21). The van der Waals surface area contributed by atoms with E-state index in [9.17, 15) is 4.79 Å². The largest absolute Gasteiger partial charge is 0.490 e. The lowest BCUT2D eigenvalue weighted by molar-refractivity contribution is 0.0935. The molecule has 0 radical (unpaired) electrons. The zero-order valence-electron chi connectivity index (χ0n) is 13.7. The molecule has 1 unspecified atom stereocenters. The Morgan fingerprint density at radius 3 is 2.52 bits per heavy atom. The fourth-order valence-corrected chi connectivity index (χ4v) is 2.19. The van der Waals surface area contributed by atoms with Gasteiger partial charge in [0.1, 0.15) is 5.69 Å². The summed E-state index contributed by atoms with van der Waals surface area (Å²) in [5, 5.41) is 2.94. The van der Waals surface area contributed by atoms with Gasteiger partial charge in [0, 0.05) is 6.20 Å². The average Bonchev–Trinajstić information content (AvgIpc) is 2.57. The van der Waals surface area contributed by atoms with Gasteiger partial charge in [-0.2, -0.15) is 0 Å². The summed E-state index contributed by atoms with van der Waals surface area (Å²) in [6.07, 6.45) is 1.60. The van der Waals surface area contributed by atoms with E-state index in [1.54, 1.807) is 24.4 Å². The summed E-state index contributed by atoms with van der Waals surface area (Å²) in [7, 11) is 0. The van der Waals surface area contributed by atoms with Gasteiger partial charge in [0.05, 0.1) is 19.3 Å². The molecule has 1 aromatic heterocycles. The number of amides is 1. The Morgan fingerprint density at radius 1 is 1.13 bits per heavy atom. The number of nitrogens with zero attached hydrogens (tertiary/aromatic N) is 1. The van der Waals surface area contributed by atoms with Gasteiger partial charge in [0.25, 0.3) is 5.91 Å². The van der Waals surface area contributed by atoms with Crippen LogP contribution in [0.25, 0.3) is 0 Å². The Bertz CT molecular complexity index is 644. The van der Waals surface area contributed by atoms with Crippen molar-refractivity contribution in [3.05, 3.63) is 53.9 Å². The van der Waals surface area contributed by atoms with Crippen molar-refractivity contribution in [2.75, 3.05) is 13.2 Å². The van der Waals surface area contributed by atoms with Crippen LogP contribution in [0.2, 0.25) is 0 Å². The highest BCUT2D eigenvalue weighted by Gasteiger charge is 2.14. The molecule has 5 nitrogen and oxygen atoms in total. The van der Waals surface area contributed by atoms with E-state index in [0.29, 0.717) is 30.4 Å². The van der Waals surface area contributed by atoms with Crippen LogP contribution in [0.5, 0.6) is 11.5 Å². The summed E-state index contributed by atoms with van der Waals surface area (Å²) in [5.41, 5.74) is 1.34. The van der Waals surface area contributed by atoms with Crippen LogP contribution in [0.4, 0.5) is 0 Å². The highest BCUT2D eigenvalue weighted by Crippen LogP contribution is 2.30. The third kappa shape index (κ3) is 4.45. The Kier molecular flexibility index (Phi) is 5.97. The molecule has 0 aliphatic carbocycles. The van der Waals surface area contributed by atoms with E-state index in [1.807, 2.05) is 39.0 Å². The van der Waals surface area contributed by atoms with E-state index >= 15 is 0 Å². The molecule has 23 heavy (non-hydrogen) atoms. The number of rotatable bonds is 7. The molecule has 0 spiro atoms. The van der Waals surface area contributed by atoms with Gasteiger partial charge < -0.3 is 14.8 Å². The molecule has 0 fully saturated rings. The minimum absolute atomic E-state index is 0.167. The number of ether oxygens (including phenoxy) is 2. The lowest BCUT2D eigenvalue weighted by Crippen LogP contribution is -2.27. The van der Waals surface area contributed by atoms with Crippen LogP contribution in [0, 0.1) is 0 Å². The SMILES string of the molecule is CCOc1ccc(C(C)NC(=O)c2ccccn2)cc1OCC. The summed E-state index contributed by atoms with van der Waals surface area (Å²) in [5.74, 6) is 1.19. The minimum atomic E-state index is -0.204. The molecule has 0 bridgehead atoms. The second-order valence-corrected chi connectivity index (χ2v) is 4.98. The summed E-state index contributed by atoms with van der Waals surface area (Å²) in [6, 6.07) is 10.8. The summed E-state index contributed by atoms with van der Waals surface area (Å²) in [4.78, 5) is 16.2. The maximum absolute atomic E-state index is 12.2. The zero-order valence-corrected chi connectivity index (χ0v) is 13.7. The number of carbonyl (C=O) groups is 1. The van der Waals surface area contributed by atoms with Crippen LogP contribution in [-0.4, -0.2) is 24.1 Å². The zero-order chi connectivity index (χ0) is 16.7. The van der Waals surface area contributed by atoms with Gasteiger partial charge in [-0.15, -0.1) is 0 Å². The highest BCUT2D eigenvalue weighted by atomic mass is 16.5. The second kappa shape index (κ2) is 8.17. The van der Waals surface area contributed by atoms with Crippen molar-refractivity contribution in [1.29, 1.82) is 0 Å². The van der Waals surface area contributed by atoms with Crippen LogP contribution >= 0.6 is 0 Å². The number of hydrogen-bond acceptors (Lipinski definition) is 4. The Labute approximate surface area is 136 Å². The Balaban J connectivity index is 2.14. The molecule has 0 aliphatic heterocycles. The van der Waals surface area contributed by atoms with Crippen molar-refractivity contribution < 1.29 is 14.3 Å². The van der Waals surface area contributed by atoms with Crippen molar-refractivity contribution in [1.82, 2.24) is 10.3 Å². The molecule has 1 atom stereocenters. The molecule has 1 aromatic carbocycles. The fraction of sp³-hybridized carbons (Fsp3) is 0.333. The molecule has 0 aliphatic rings. The van der Waals surface area contributed by atoms with E-state index in [4.69, 9.17) is 9.47 Å². The Hall–Kier alpha value is -2.56. The van der Waals surface area contributed by atoms with Gasteiger partial charge in [-0.1, -0.05) is 12.1 Å². The first kappa shape index (κ1) is 16.8. The van der Waals surface area contributed by atoms with Gasteiger partial charge >= 0.3 is 0 Å². The second-order valence-electron chi connectivity index (χ2n) is 4.98. The third-order valence-electron chi connectivity index (χ3n) is 3.31. The average molecular weight is 314 g/mol. The Morgan fingerprint density at radius 2 is 1.87 bits per heavy atom. The molecular formula is C18H22N2O3. The van der Waals surface area contributed by atoms with E-state index in [2.05, 4.69) is 10.3 Å². The quantitative estimate of drug-likeness (QED) is 0.851. The van der Waals surface area contributed by atoms with Crippen molar-refractivity contribution in [3.63, 3.8) is 0 Å². The first-order chi connectivity index (χ1) is 11.2. The van der Waals surface area contributed by atoms with Crippen molar-refractivity contribution in [2.45, 2.75) is 26.8 Å². The maximum Gasteiger partial charge on any atom is 0.270 e. The first-order valence-electron chi connectivity index (χ1n) is 7.77. The van der Waals surface area contributed by atoms with Crippen molar-refractivity contribution in [3.8, 4) is 11.5 Å². The van der Waals surface area contributed by atoms with Gasteiger partial charge in [-0.25, -0.2) is 0 Å². The molecular weight excluding hydrogens is 292 g/mol. The number of aromatic nitrogens is 1. The van der Waals surface area contributed by atoms with Crippen LogP contribution in [0.15, 0.2) is 42.6 Å². The number of hydrogen-bond donors (Lipinski definition) is 1. The van der Waals surface area contributed by atoms with E-state index in [1.165, 1.54) is 0 Å². The van der Waals surface area contributed by atoms with Crippen molar-refractivity contribution in [2.24, 2.45) is 0 Å². The van der Waals surface area contributed by atoms with E-state index < -0.39 is 0 Å². The molecule has 122 valence electrons. The normalized spacial score (nSPS) is 11.6. The van der Waals surface area contributed by atoms with Gasteiger partial charge in [0.2, 0.25) is 0 Å². The number of nitrogens with one attached hydrogen (secondary N) is 1. The van der Waals surface area contributed by atoms with E-state index in [-0.39, 0.29) is 11.9 Å². The van der Waals surface area contributed by atoms with Gasteiger partial charge in [-0.3, -0.25) is 9.78 Å². The van der Waals surface area contributed by atoms with Crippen molar-refractivity contribution >= 4 is 5.91 Å². The first-order valence-corrected chi connectivity index (χ1v) is 7.77. The van der Waals surface area contributed by atoms with E-state index in [0.717, 1.165) is 5.56 Å². The third-order valence-corrected chi connectivity index (χ3v) is 3.31. The fourth-order valence-electron chi connectivity index (χ4n) is 2.19. The molecule has 0 saturated carbocycles. The topological polar surface area (TPSA) is 60.5 Å². The monoisotopic (exact) mass is 314 g/mol.